The molecular weight excluding hydrogens is 298 g/mol. The van der Waals surface area contributed by atoms with Crippen LogP contribution in [0.5, 0.6) is 0 Å². The molecular formula is C13H12BrNO3. The van der Waals surface area contributed by atoms with E-state index in [1.807, 2.05) is 0 Å². The summed E-state index contributed by atoms with van der Waals surface area (Å²) in [4.78, 5) is 23.5. The van der Waals surface area contributed by atoms with Crippen LogP contribution in [-0.2, 0) is 9.59 Å². The number of aliphatic hydroxyl groups is 1. The van der Waals surface area contributed by atoms with Crippen LogP contribution in [0.25, 0.3) is 5.57 Å². The lowest BCUT2D eigenvalue weighted by Crippen LogP contribution is -2.42. The van der Waals surface area contributed by atoms with Crippen molar-refractivity contribution in [2.45, 2.75) is 19.6 Å². The molecule has 0 fully saturated rings. The molecule has 0 spiro atoms. The third kappa shape index (κ3) is 2.11. The summed E-state index contributed by atoms with van der Waals surface area (Å²) in [6.45, 7) is 2.73. The quantitative estimate of drug-likeness (QED) is 0.872. The number of carbonyl (C=O) groups excluding carboxylic acids is 2. The molecule has 0 aromatic heterocycles. The zero-order valence-corrected chi connectivity index (χ0v) is 11.5. The minimum Gasteiger partial charge on any atom is -0.367 e. The van der Waals surface area contributed by atoms with Gasteiger partial charge in [-0.1, -0.05) is 28.1 Å². The fourth-order valence-corrected chi connectivity index (χ4v) is 2.38. The van der Waals surface area contributed by atoms with Gasteiger partial charge in [0.25, 0.3) is 5.91 Å². The van der Waals surface area contributed by atoms with E-state index in [2.05, 4.69) is 21.2 Å². The van der Waals surface area contributed by atoms with Gasteiger partial charge < -0.3 is 10.4 Å². The molecule has 1 atom stereocenters. The smallest absolute Gasteiger partial charge is 0.254 e. The van der Waals surface area contributed by atoms with Crippen LogP contribution in [0.15, 0.2) is 34.3 Å². The maximum Gasteiger partial charge on any atom is 0.254 e. The van der Waals surface area contributed by atoms with E-state index in [9.17, 15) is 14.7 Å². The first-order valence-electron chi connectivity index (χ1n) is 5.39. The second-order valence-corrected chi connectivity index (χ2v) is 5.26. The first-order chi connectivity index (χ1) is 8.33. The molecule has 0 aliphatic carbocycles. The van der Waals surface area contributed by atoms with Gasteiger partial charge in [-0.25, -0.2) is 0 Å². The zero-order valence-electron chi connectivity index (χ0n) is 9.95. The normalized spacial score (nSPS) is 23.2. The number of rotatable bonds is 2. The molecule has 1 aliphatic rings. The molecule has 1 aromatic rings. The molecule has 4 nitrogen and oxygen atoms in total. The van der Waals surface area contributed by atoms with E-state index in [0.29, 0.717) is 5.56 Å². The van der Waals surface area contributed by atoms with Crippen LogP contribution < -0.4 is 5.32 Å². The summed E-state index contributed by atoms with van der Waals surface area (Å²) < 4.78 is 0.876. The second-order valence-electron chi connectivity index (χ2n) is 4.34. The van der Waals surface area contributed by atoms with Crippen molar-refractivity contribution < 1.29 is 14.7 Å². The fraction of sp³-hybridized carbons (Fsp3) is 0.231. The Bertz CT molecular complexity index is 558. The van der Waals surface area contributed by atoms with Crippen LogP contribution in [0.4, 0.5) is 0 Å². The molecule has 18 heavy (non-hydrogen) atoms. The van der Waals surface area contributed by atoms with Gasteiger partial charge in [0.2, 0.25) is 0 Å². The van der Waals surface area contributed by atoms with Crippen LogP contribution in [0.1, 0.15) is 19.4 Å². The Kier molecular flexibility index (Phi) is 3.12. The van der Waals surface area contributed by atoms with Gasteiger partial charge >= 0.3 is 0 Å². The summed E-state index contributed by atoms with van der Waals surface area (Å²) in [5.74, 6) is -0.760. The highest BCUT2D eigenvalue weighted by Gasteiger charge is 2.42. The highest BCUT2D eigenvalue weighted by Crippen LogP contribution is 2.32. The molecule has 1 amide bonds. The van der Waals surface area contributed by atoms with Crippen molar-refractivity contribution in [3.63, 3.8) is 0 Å². The third-order valence-corrected chi connectivity index (χ3v) is 3.33. The van der Waals surface area contributed by atoms with Gasteiger partial charge in [0.1, 0.15) is 0 Å². The van der Waals surface area contributed by atoms with Crippen LogP contribution in [0, 0.1) is 0 Å². The monoisotopic (exact) mass is 309 g/mol. The predicted molar refractivity (Wildman–Crippen MR) is 70.5 cm³/mol. The summed E-state index contributed by atoms with van der Waals surface area (Å²) in [5.41, 5.74) is -0.654. The van der Waals surface area contributed by atoms with Crippen LogP contribution >= 0.6 is 15.9 Å². The van der Waals surface area contributed by atoms with Gasteiger partial charge in [-0.05, 0) is 31.5 Å². The minimum atomic E-state index is -1.61. The van der Waals surface area contributed by atoms with Crippen molar-refractivity contribution in [3.8, 4) is 0 Å². The lowest BCUT2D eigenvalue weighted by atomic mass is 9.95. The average Bonchev–Trinajstić information content (AvgIpc) is 2.49. The van der Waals surface area contributed by atoms with E-state index in [1.54, 1.807) is 24.3 Å². The fourth-order valence-electron chi connectivity index (χ4n) is 2.11. The van der Waals surface area contributed by atoms with Crippen LogP contribution in [-0.4, -0.2) is 22.5 Å². The van der Waals surface area contributed by atoms with E-state index in [4.69, 9.17) is 0 Å². The van der Waals surface area contributed by atoms with Gasteiger partial charge in [-0.3, -0.25) is 9.59 Å². The number of nitrogens with one attached hydrogen (secondary N) is 1. The maximum atomic E-state index is 11.9. The van der Waals surface area contributed by atoms with Crippen molar-refractivity contribution >= 4 is 33.2 Å². The number of carbonyl (C=O) groups is 2. The SMILES string of the molecule is CC(=O)C1=C(c2ccc(Br)cc2)C(=O)NC1(C)O. The summed E-state index contributed by atoms with van der Waals surface area (Å²) in [5, 5.41) is 12.5. The van der Waals surface area contributed by atoms with E-state index in [1.165, 1.54) is 13.8 Å². The first kappa shape index (κ1) is 13.0. The molecule has 94 valence electrons. The summed E-state index contributed by atoms with van der Waals surface area (Å²) in [6, 6.07) is 7.01. The van der Waals surface area contributed by atoms with E-state index in [-0.39, 0.29) is 16.9 Å². The molecule has 2 N–H and O–H groups in total. The number of ketones is 1. The molecule has 1 unspecified atom stereocenters. The number of Topliss-reactive ketones (excluding diaryl/α,β-unsaturated/α-hetero) is 1. The first-order valence-corrected chi connectivity index (χ1v) is 6.19. The van der Waals surface area contributed by atoms with E-state index >= 15 is 0 Å². The Balaban J connectivity index is 2.64. The van der Waals surface area contributed by atoms with Crippen LogP contribution in [0.3, 0.4) is 0 Å². The minimum absolute atomic E-state index is 0.106. The molecule has 0 saturated carbocycles. The predicted octanol–water partition coefficient (Wildman–Crippen LogP) is 1.63. The maximum absolute atomic E-state index is 11.9. The molecule has 2 rings (SSSR count). The number of benzene rings is 1. The molecule has 1 aliphatic heterocycles. The highest BCUT2D eigenvalue weighted by atomic mass is 79.9. The largest absolute Gasteiger partial charge is 0.367 e. The second kappa shape index (κ2) is 4.33. The molecule has 0 bridgehead atoms. The third-order valence-electron chi connectivity index (χ3n) is 2.81. The number of hydrogen-bond donors (Lipinski definition) is 2. The highest BCUT2D eigenvalue weighted by molar-refractivity contribution is 9.10. The molecule has 5 heteroatoms. The Hall–Kier alpha value is -1.46. The summed E-state index contributed by atoms with van der Waals surface area (Å²) >= 11 is 3.30. The Morgan fingerprint density at radius 1 is 1.33 bits per heavy atom. The van der Waals surface area contributed by atoms with Gasteiger partial charge in [-0.2, -0.15) is 0 Å². The average molecular weight is 310 g/mol. The van der Waals surface area contributed by atoms with Crippen molar-refractivity contribution in [3.05, 3.63) is 39.9 Å². The van der Waals surface area contributed by atoms with Gasteiger partial charge in [0, 0.05) is 4.47 Å². The van der Waals surface area contributed by atoms with E-state index in [0.717, 1.165) is 4.47 Å². The van der Waals surface area contributed by atoms with Gasteiger partial charge in [0.15, 0.2) is 11.5 Å². The molecule has 0 saturated heterocycles. The van der Waals surface area contributed by atoms with Crippen molar-refractivity contribution in [2.75, 3.05) is 0 Å². The topological polar surface area (TPSA) is 66.4 Å². The van der Waals surface area contributed by atoms with Gasteiger partial charge in [0.05, 0.1) is 11.1 Å². The number of hydrogen-bond acceptors (Lipinski definition) is 3. The molecule has 0 radical (unpaired) electrons. The van der Waals surface area contributed by atoms with Crippen molar-refractivity contribution in [1.29, 1.82) is 0 Å². The zero-order chi connectivity index (χ0) is 13.5. The number of amides is 1. The van der Waals surface area contributed by atoms with Crippen molar-refractivity contribution in [1.82, 2.24) is 5.32 Å². The van der Waals surface area contributed by atoms with Crippen molar-refractivity contribution in [2.24, 2.45) is 0 Å². The van der Waals surface area contributed by atoms with Crippen LogP contribution in [0.2, 0.25) is 0 Å². The van der Waals surface area contributed by atoms with E-state index < -0.39 is 11.6 Å². The number of halogens is 1. The standard InChI is InChI=1S/C13H12BrNO3/c1-7(16)11-10(12(17)15-13(11,2)18)8-3-5-9(14)6-4-8/h3-6,18H,1-2H3,(H,15,17). The Labute approximate surface area is 113 Å². The summed E-state index contributed by atoms with van der Waals surface area (Å²) in [7, 11) is 0. The molecule has 1 aromatic carbocycles. The lowest BCUT2D eigenvalue weighted by Gasteiger charge is -2.19. The Morgan fingerprint density at radius 2 is 1.89 bits per heavy atom. The lowest BCUT2D eigenvalue weighted by molar-refractivity contribution is -0.119. The Morgan fingerprint density at radius 3 is 2.39 bits per heavy atom. The van der Waals surface area contributed by atoms with Gasteiger partial charge in [-0.15, -0.1) is 0 Å². The molecule has 1 heterocycles. The summed E-state index contributed by atoms with van der Waals surface area (Å²) in [6.07, 6.45) is 0.